The van der Waals surface area contributed by atoms with Crippen molar-refractivity contribution in [2.75, 3.05) is 19.8 Å². The van der Waals surface area contributed by atoms with Crippen LogP contribution in [0.1, 0.15) is 25.7 Å². The van der Waals surface area contributed by atoms with E-state index in [1.54, 1.807) is 0 Å². The van der Waals surface area contributed by atoms with Crippen LogP contribution in [0.3, 0.4) is 0 Å². The summed E-state index contributed by atoms with van der Waals surface area (Å²) in [6.45, 7) is 0.612. The van der Waals surface area contributed by atoms with Crippen molar-refractivity contribution in [1.82, 2.24) is 5.32 Å². The zero-order valence-corrected chi connectivity index (χ0v) is 11.5. The Morgan fingerprint density at radius 2 is 1.90 bits per heavy atom. The fraction of sp³-hybridized carbons (Fsp3) is 0.600. The van der Waals surface area contributed by atoms with Crippen LogP contribution in [0.15, 0.2) is 24.3 Å². The molecule has 2 rings (SSSR count). The van der Waals surface area contributed by atoms with E-state index in [4.69, 9.17) is 4.74 Å². The quantitative estimate of drug-likeness (QED) is 0.709. The van der Waals surface area contributed by atoms with Gasteiger partial charge in [-0.05, 0) is 37.1 Å². The van der Waals surface area contributed by atoms with E-state index in [0.29, 0.717) is 12.3 Å². The van der Waals surface area contributed by atoms with Gasteiger partial charge in [-0.1, -0.05) is 12.8 Å². The summed E-state index contributed by atoms with van der Waals surface area (Å²) in [6, 6.07) is 5.70. The van der Waals surface area contributed by atoms with Gasteiger partial charge in [0.15, 0.2) is 0 Å². The first-order chi connectivity index (χ1) is 9.63. The van der Waals surface area contributed by atoms with Gasteiger partial charge in [-0.25, -0.2) is 4.39 Å². The number of aliphatic hydroxyl groups is 2. The second-order valence-corrected chi connectivity index (χ2v) is 5.45. The molecule has 20 heavy (non-hydrogen) atoms. The molecule has 3 N–H and O–H groups in total. The average Bonchev–Trinajstić information content (AvgIpc) is 2.94. The number of nitrogens with one attached hydrogen (secondary N) is 1. The summed E-state index contributed by atoms with van der Waals surface area (Å²) in [5.41, 5.74) is -0.239. The van der Waals surface area contributed by atoms with Crippen molar-refractivity contribution < 1.29 is 19.3 Å². The third-order valence-electron chi connectivity index (χ3n) is 3.83. The largest absolute Gasteiger partial charge is 0.491 e. The highest BCUT2D eigenvalue weighted by molar-refractivity contribution is 5.22. The minimum atomic E-state index is -0.663. The summed E-state index contributed by atoms with van der Waals surface area (Å²) < 4.78 is 18.1. The van der Waals surface area contributed by atoms with Gasteiger partial charge in [0.1, 0.15) is 24.3 Å². The van der Waals surface area contributed by atoms with Gasteiger partial charge in [0, 0.05) is 12.1 Å². The lowest BCUT2D eigenvalue weighted by atomic mass is 9.99. The maximum absolute atomic E-state index is 12.7. The van der Waals surface area contributed by atoms with E-state index in [-0.39, 0.29) is 24.6 Å². The Morgan fingerprint density at radius 1 is 1.25 bits per heavy atom. The third kappa shape index (κ3) is 4.16. The second kappa shape index (κ2) is 7.02. The lowest BCUT2D eigenvalue weighted by Crippen LogP contribution is -2.49. The van der Waals surface area contributed by atoms with E-state index in [2.05, 4.69) is 5.32 Å². The van der Waals surface area contributed by atoms with Crippen LogP contribution in [-0.2, 0) is 0 Å². The molecule has 1 fully saturated rings. The molecule has 1 saturated carbocycles. The number of benzene rings is 1. The molecule has 1 unspecified atom stereocenters. The number of aliphatic hydroxyl groups excluding tert-OH is 2. The van der Waals surface area contributed by atoms with Crippen molar-refractivity contribution in [3.05, 3.63) is 30.1 Å². The van der Waals surface area contributed by atoms with Crippen LogP contribution in [0.5, 0.6) is 5.75 Å². The minimum Gasteiger partial charge on any atom is -0.491 e. The van der Waals surface area contributed by atoms with Crippen molar-refractivity contribution in [2.45, 2.75) is 37.3 Å². The zero-order valence-electron chi connectivity index (χ0n) is 11.5. The molecule has 112 valence electrons. The predicted octanol–water partition coefficient (Wildman–Crippen LogP) is 1.46. The Morgan fingerprint density at radius 3 is 2.50 bits per heavy atom. The topological polar surface area (TPSA) is 61.7 Å². The van der Waals surface area contributed by atoms with Gasteiger partial charge < -0.3 is 20.3 Å². The fourth-order valence-corrected chi connectivity index (χ4v) is 2.56. The van der Waals surface area contributed by atoms with Crippen molar-refractivity contribution in [2.24, 2.45) is 0 Å². The number of rotatable bonds is 7. The van der Waals surface area contributed by atoms with E-state index in [9.17, 15) is 14.6 Å². The molecule has 0 spiro atoms. The Labute approximate surface area is 118 Å². The van der Waals surface area contributed by atoms with Crippen LogP contribution in [0, 0.1) is 5.82 Å². The molecule has 1 aliphatic rings. The van der Waals surface area contributed by atoms with Crippen LogP contribution < -0.4 is 10.1 Å². The highest BCUT2D eigenvalue weighted by Crippen LogP contribution is 2.28. The number of hydrogen-bond acceptors (Lipinski definition) is 4. The highest BCUT2D eigenvalue weighted by atomic mass is 19.1. The lowest BCUT2D eigenvalue weighted by molar-refractivity contribution is 0.0849. The molecule has 1 aliphatic carbocycles. The van der Waals surface area contributed by atoms with Gasteiger partial charge in [-0.2, -0.15) is 0 Å². The second-order valence-electron chi connectivity index (χ2n) is 5.45. The molecule has 1 atom stereocenters. The smallest absolute Gasteiger partial charge is 0.123 e. The summed E-state index contributed by atoms with van der Waals surface area (Å²) >= 11 is 0. The molecule has 1 aromatic rings. The first-order valence-corrected chi connectivity index (χ1v) is 7.06. The van der Waals surface area contributed by atoms with Crippen LogP contribution in [0.4, 0.5) is 4.39 Å². The molecule has 0 heterocycles. The maximum atomic E-state index is 12.7. The molecule has 4 nitrogen and oxygen atoms in total. The van der Waals surface area contributed by atoms with Gasteiger partial charge in [0.25, 0.3) is 0 Å². The van der Waals surface area contributed by atoms with E-state index in [0.717, 1.165) is 25.7 Å². The summed E-state index contributed by atoms with van der Waals surface area (Å²) in [5, 5.41) is 22.6. The number of hydrogen-bond donors (Lipinski definition) is 3. The van der Waals surface area contributed by atoms with Crippen molar-refractivity contribution in [3.63, 3.8) is 0 Å². The third-order valence-corrected chi connectivity index (χ3v) is 3.83. The molecule has 0 amide bonds. The van der Waals surface area contributed by atoms with Gasteiger partial charge in [-0.3, -0.25) is 0 Å². The molecule has 0 aliphatic heterocycles. The summed E-state index contributed by atoms with van der Waals surface area (Å²) in [7, 11) is 0. The van der Waals surface area contributed by atoms with E-state index >= 15 is 0 Å². The normalized spacial score (nSPS) is 18.9. The Hall–Kier alpha value is -1.17. The molecule has 0 bridgehead atoms. The average molecular weight is 283 g/mol. The molecule has 0 radical (unpaired) electrons. The Kier molecular flexibility index (Phi) is 5.34. The van der Waals surface area contributed by atoms with Gasteiger partial charge in [-0.15, -0.1) is 0 Å². The van der Waals surface area contributed by atoms with Crippen molar-refractivity contribution >= 4 is 0 Å². The predicted molar refractivity (Wildman–Crippen MR) is 74.2 cm³/mol. The first-order valence-electron chi connectivity index (χ1n) is 7.06. The van der Waals surface area contributed by atoms with E-state index in [1.807, 2.05) is 0 Å². The molecular formula is C15H22FNO3. The molecule has 5 heteroatoms. The van der Waals surface area contributed by atoms with Crippen LogP contribution in [-0.4, -0.2) is 41.6 Å². The van der Waals surface area contributed by atoms with Crippen LogP contribution in [0.25, 0.3) is 0 Å². The maximum Gasteiger partial charge on any atom is 0.123 e. The number of β-amino-alcohol motifs (C(OH)–C–C–N with tert-alkyl or cyclic N) is 1. The monoisotopic (exact) mass is 283 g/mol. The minimum absolute atomic E-state index is 0.0958. The van der Waals surface area contributed by atoms with Gasteiger partial charge in [0.05, 0.1) is 6.61 Å². The lowest BCUT2D eigenvalue weighted by Gasteiger charge is -2.29. The summed E-state index contributed by atoms with van der Waals surface area (Å²) in [5.74, 6) is 0.217. The molecule has 0 aromatic heterocycles. The summed E-state index contributed by atoms with van der Waals surface area (Å²) in [6.07, 6.45) is 3.43. The standard InChI is InChI=1S/C15H22FNO3/c16-12-3-5-14(6-4-12)20-10-13(19)9-17-15(11-18)7-1-2-8-15/h3-6,13,17-19H,1-2,7-11H2. The van der Waals surface area contributed by atoms with E-state index < -0.39 is 6.10 Å². The van der Waals surface area contributed by atoms with Crippen molar-refractivity contribution in [3.8, 4) is 5.75 Å². The van der Waals surface area contributed by atoms with Gasteiger partial charge in [0.2, 0.25) is 0 Å². The Balaban J connectivity index is 1.72. The molecule has 0 saturated heterocycles. The zero-order chi connectivity index (χ0) is 14.4. The highest BCUT2D eigenvalue weighted by Gasteiger charge is 2.32. The number of ether oxygens (including phenoxy) is 1. The first kappa shape index (κ1) is 15.2. The number of halogens is 1. The van der Waals surface area contributed by atoms with Crippen molar-refractivity contribution in [1.29, 1.82) is 0 Å². The molecule has 1 aromatic carbocycles. The summed E-state index contributed by atoms with van der Waals surface area (Å²) in [4.78, 5) is 0. The van der Waals surface area contributed by atoms with Crippen LogP contribution in [0.2, 0.25) is 0 Å². The van der Waals surface area contributed by atoms with Crippen LogP contribution >= 0.6 is 0 Å². The molecular weight excluding hydrogens is 261 g/mol. The SMILES string of the molecule is OCC1(NCC(O)COc2ccc(F)cc2)CCCC1. The fourth-order valence-electron chi connectivity index (χ4n) is 2.56. The van der Waals surface area contributed by atoms with Gasteiger partial charge >= 0.3 is 0 Å². The van der Waals surface area contributed by atoms with E-state index in [1.165, 1.54) is 24.3 Å². The Bertz CT molecular complexity index is 404.